The Kier molecular flexibility index (Phi) is 5.21. The van der Waals surface area contributed by atoms with Crippen LogP contribution in [0, 0.1) is 5.82 Å². The molecule has 0 aromatic carbocycles. The van der Waals surface area contributed by atoms with Crippen molar-refractivity contribution in [1.82, 2.24) is 15.2 Å². The quantitative estimate of drug-likeness (QED) is 0.718. The molecule has 1 rings (SSSR count). The third-order valence-corrected chi connectivity index (χ3v) is 2.22. The molecule has 0 saturated heterocycles. The zero-order valence-corrected chi connectivity index (χ0v) is 9.33. The number of likely N-dealkylation sites (N-methyl/N-ethyl adjacent to an activating group) is 2. The summed E-state index contributed by atoms with van der Waals surface area (Å²) in [6.45, 7) is 5.51. The average molecular weight is 211 g/mol. The highest BCUT2D eigenvalue weighted by Gasteiger charge is 2.04. The van der Waals surface area contributed by atoms with Crippen LogP contribution in [0.1, 0.15) is 12.5 Å². The van der Waals surface area contributed by atoms with E-state index in [1.165, 1.54) is 6.20 Å². The Morgan fingerprint density at radius 1 is 1.53 bits per heavy atom. The minimum Gasteiger partial charge on any atom is -0.316 e. The summed E-state index contributed by atoms with van der Waals surface area (Å²) < 4.78 is 13.2. The van der Waals surface area contributed by atoms with Crippen LogP contribution in [-0.4, -0.2) is 36.6 Å². The molecule has 0 atom stereocenters. The normalized spacial score (nSPS) is 10.9. The molecule has 0 amide bonds. The molecule has 4 heteroatoms. The highest BCUT2D eigenvalue weighted by atomic mass is 19.1. The Bertz CT molecular complexity index is 291. The summed E-state index contributed by atoms with van der Waals surface area (Å²) in [4.78, 5) is 5.81. The van der Waals surface area contributed by atoms with E-state index < -0.39 is 0 Å². The summed E-state index contributed by atoms with van der Waals surface area (Å²) in [5.41, 5.74) is 0.698. The molecular formula is C11H18FN3. The molecule has 0 fully saturated rings. The van der Waals surface area contributed by atoms with Crippen molar-refractivity contribution in [2.75, 3.05) is 26.7 Å². The number of halogens is 1. The monoisotopic (exact) mass is 211 g/mol. The molecule has 0 aliphatic carbocycles. The summed E-state index contributed by atoms with van der Waals surface area (Å²) in [7, 11) is 1.98. The lowest BCUT2D eigenvalue weighted by molar-refractivity contribution is 0.320. The summed E-state index contributed by atoms with van der Waals surface area (Å²) >= 11 is 0. The van der Waals surface area contributed by atoms with E-state index >= 15 is 0 Å². The first-order valence-electron chi connectivity index (χ1n) is 5.21. The fourth-order valence-electron chi connectivity index (χ4n) is 1.35. The topological polar surface area (TPSA) is 28.2 Å². The summed E-state index contributed by atoms with van der Waals surface area (Å²) in [5.74, 6) is -0.229. The van der Waals surface area contributed by atoms with Gasteiger partial charge in [-0.15, -0.1) is 0 Å². The maximum atomic E-state index is 13.2. The number of hydrogen-bond acceptors (Lipinski definition) is 3. The number of nitrogens with zero attached hydrogens (tertiary/aromatic N) is 2. The minimum atomic E-state index is -0.229. The minimum absolute atomic E-state index is 0.229. The van der Waals surface area contributed by atoms with E-state index in [0.29, 0.717) is 12.1 Å². The number of hydrogen-bond donors (Lipinski definition) is 1. The highest BCUT2D eigenvalue weighted by Crippen LogP contribution is 2.06. The van der Waals surface area contributed by atoms with E-state index in [0.717, 1.165) is 19.6 Å². The van der Waals surface area contributed by atoms with Gasteiger partial charge in [-0.1, -0.05) is 6.92 Å². The third kappa shape index (κ3) is 4.36. The van der Waals surface area contributed by atoms with Gasteiger partial charge in [-0.3, -0.25) is 4.98 Å². The van der Waals surface area contributed by atoms with Gasteiger partial charge in [0.1, 0.15) is 5.82 Å². The molecule has 0 spiro atoms. The molecule has 1 heterocycles. The van der Waals surface area contributed by atoms with E-state index in [-0.39, 0.29) is 5.82 Å². The highest BCUT2D eigenvalue weighted by molar-refractivity contribution is 5.12. The lowest BCUT2D eigenvalue weighted by Crippen LogP contribution is -2.29. The SMILES string of the molecule is CCNCCN(C)Cc1ccncc1F. The van der Waals surface area contributed by atoms with Crippen molar-refractivity contribution in [2.24, 2.45) is 0 Å². The van der Waals surface area contributed by atoms with Crippen molar-refractivity contribution in [3.63, 3.8) is 0 Å². The van der Waals surface area contributed by atoms with Crippen LogP contribution in [0.3, 0.4) is 0 Å². The molecule has 1 aromatic rings. The molecular weight excluding hydrogens is 193 g/mol. The number of rotatable bonds is 6. The van der Waals surface area contributed by atoms with Gasteiger partial charge in [-0.25, -0.2) is 4.39 Å². The van der Waals surface area contributed by atoms with Crippen molar-refractivity contribution in [3.05, 3.63) is 29.8 Å². The zero-order valence-electron chi connectivity index (χ0n) is 9.33. The number of nitrogens with one attached hydrogen (secondary N) is 1. The first kappa shape index (κ1) is 12.1. The van der Waals surface area contributed by atoms with Gasteiger partial charge in [0.05, 0.1) is 6.20 Å². The van der Waals surface area contributed by atoms with Crippen molar-refractivity contribution in [1.29, 1.82) is 0 Å². The van der Waals surface area contributed by atoms with Crippen LogP contribution < -0.4 is 5.32 Å². The second-order valence-electron chi connectivity index (χ2n) is 3.56. The average Bonchev–Trinajstić information content (AvgIpc) is 2.22. The lowest BCUT2D eigenvalue weighted by Gasteiger charge is -2.16. The molecule has 0 bridgehead atoms. The van der Waals surface area contributed by atoms with Crippen LogP contribution in [0.2, 0.25) is 0 Å². The van der Waals surface area contributed by atoms with Crippen LogP contribution in [0.25, 0.3) is 0 Å². The van der Waals surface area contributed by atoms with Crippen LogP contribution in [-0.2, 0) is 6.54 Å². The second-order valence-corrected chi connectivity index (χ2v) is 3.56. The zero-order chi connectivity index (χ0) is 11.1. The first-order valence-corrected chi connectivity index (χ1v) is 5.21. The van der Waals surface area contributed by atoms with Crippen molar-refractivity contribution in [3.8, 4) is 0 Å². The van der Waals surface area contributed by atoms with E-state index in [4.69, 9.17) is 0 Å². The largest absolute Gasteiger partial charge is 0.316 e. The Morgan fingerprint density at radius 3 is 3.00 bits per heavy atom. The summed E-state index contributed by atoms with van der Waals surface area (Å²) in [6, 6.07) is 1.72. The fraction of sp³-hybridized carbons (Fsp3) is 0.545. The third-order valence-electron chi connectivity index (χ3n) is 2.22. The Labute approximate surface area is 90.3 Å². The van der Waals surface area contributed by atoms with Gasteiger partial charge in [0.2, 0.25) is 0 Å². The fourth-order valence-corrected chi connectivity index (χ4v) is 1.35. The molecule has 0 aliphatic rings. The predicted molar refractivity (Wildman–Crippen MR) is 59.1 cm³/mol. The molecule has 15 heavy (non-hydrogen) atoms. The van der Waals surface area contributed by atoms with Crippen LogP contribution in [0.4, 0.5) is 4.39 Å². The second kappa shape index (κ2) is 6.48. The lowest BCUT2D eigenvalue weighted by atomic mass is 10.2. The number of pyridine rings is 1. The van der Waals surface area contributed by atoms with Gasteiger partial charge in [-0.05, 0) is 19.7 Å². The first-order chi connectivity index (χ1) is 7.24. The van der Waals surface area contributed by atoms with Gasteiger partial charge in [0, 0.05) is 31.4 Å². The van der Waals surface area contributed by atoms with Crippen LogP contribution >= 0.6 is 0 Å². The smallest absolute Gasteiger partial charge is 0.145 e. The van der Waals surface area contributed by atoms with Crippen molar-refractivity contribution < 1.29 is 4.39 Å². The standard InChI is InChI=1S/C11H18FN3/c1-3-13-6-7-15(2)9-10-4-5-14-8-11(10)12/h4-5,8,13H,3,6-7,9H2,1-2H3. The maximum Gasteiger partial charge on any atom is 0.145 e. The molecule has 1 N–H and O–H groups in total. The molecule has 0 aliphatic heterocycles. The van der Waals surface area contributed by atoms with E-state index in [9.17, 15) is 4.39 Å². The van der Waals surface area contributed by atoms with E-state index in [1.54, 1.807) is 12.3 Å². The Morgan fingerprint density at radius 2 is 2.33 bits per heavy atom. The van der Waals surface area contributed by atoms with Gasteiger partial charge in [0.15, 0.2) is 0 Å². The predicted octanol–water partition coefficient (Wildman–Crippen LogP) is 1.26. The number of aromatic nitrogens is 1. The Balaban J connectivity index is 2.37. The summed E-state index contributed by atoms with van der Waals surface area (Å²) in [6.07, 6.45) is 2.88. The van der Waals surface area contributed by atoms with Crippen molar-refractivity contribution in [2.45, 2.75) is 13.5 Å². The molecule has 0 unspecified atom stereocenters. The summed E-state index contributed by atoms with van der Waals surface area (Å²) in [5, 5.41) is 3.23. The van der Waals surface area contributed by atoms with Gasteiger partial charge < -0.3 is 10.2 Å². The molecule has 0 saturated carbocycles. The van der Waals surface area contributed by atoms with Crippen LogP contribution in [0.15, 0.2) is 18.5 Å². The van der Waals surface area contributed by atoms with Crippen LogP contribution in [0.5, 0.6) is 0 Å². The maximum absolute atomic E-state index is 13.2. The van der Waals surface area contributed by atoms with E-state index in [1.807, 2.05) is 7.05 Å². The van der Waals surface area contributed by atoms with Gasteiger partial charge >= 0.3 is 0 Å². The Hall–Kier alpha value is -1.00. The molecule has 3 nitrogen and oxygen atoms in total. The van der Waals surface area contributed by atoms with Gasteiger partial charge in [0.25, 0.3) is 0 Å². The molecule has 84 valence electrons. The van der Waals surface area contributed by atoms with Gasteiger partial charge in [-0.2, -0.15) is 0 Å². The molecule has 0 radical (unpaired) electrons. The molecule has 1 aromatic heterocycles. The van der Waals surface area contributed by atoms with Crippen molar-refractivity contribution >= 4 is 0 Å². The van der Waals surface area contributed by atoms with E-state index in [2.05, 4.69) is 22.1 Å².